The fourth-order valence-corrected chi connectivity index (χ4v) is 3.65. The van der Waals surface area contributed by atoms with Gasteiger partial charge in [0.05, 0.1) is 0 Å². The van der Waals surface area contributed by atoms with Gasteiger partial charge in [-0.3, -0.25) is 11.3 Å². The first-order chi connectivity index (χ1) is 9.69. The van der Waals surface area contributed by atoms with Gasteiger partial charge in [0, 0.05) is 21.2 Å². The Kier molecular flexibility index (Phi) is 6.10. The molecular weight excluding hydrogens is 332 g/mol. The van der Waals surface area contributed by atoms with E-state index in [1.807, 2.05) is 17.8 Å². The van der Waals surface area contributed by atoms with Crippen LogP contribution in [0.5, 0.6) is 0 Å². The average Bonchev–Trinajstić information content (AvgIpc) is 2.45. The molecule has 20 heavy (non-hydrogen) atoms. The van der Waals surface area contributed by atoms with Gasteiger partial charge in [-0.25, -0.2) is 0 Å². The van der Waals surface area contributed by atoms with Gasteiger partial charge >= 0.3 is 0 Å². The van der Waals surface area contributed by atoms with Crippen molar-refractivity contribution in [2.24, 2.45) is 5.84 Å². The van der Waals surface area contributed by atoms with E-state index in [1.54, 1.807) is 0 Å². The zero-order chi connectivity index (χ0) is 14.4. The van der Waals surface area contributed by atoms with Crippen molar-refractivity contribution in [1.82, 2.24) is 5.43 Å². The molecule has 0 aliphatic carbocycles. The minimum Gasteiger partial charge on any atom is -0.271 e. The summed E-state index contributed by atoms with van der Waals surface area (Å²) in [6, 6.07) is 17.1. The molecule has 2 nitrogen and oxygen atoms in total. The summed E-state index contributed by atoms with van der Waals surface area (Å²) in [5.74, 6) is 6.62. The number of thioether (sulfide) groups is 1. The van der Waals surface area contributed by atoms with Crippen molar-refractivity contribution < 1.29 is 0 Å². The Balaban J connectivity index is 1.94. The third-order valence-corrected chi connectivity index (χ3v) is 5.27. The Morgan fingerprint density at radius 1 is 1.20 bits per heavy atom. The van der Waals surface area contributed by atoms with E-state index in [2.05, 4.69) is 70.7 Å². The van der Waals surface area contributed by atoms with Crippen LogP contribution in [0.2, 0.25) is 0 Å². The van der Waals surface area contributed by atoms with Crippen LogP contribution in [0, 0.1) is 6.92 Å². The van der Waals surface area contributed by atoms with Crippen LogP contribution in [0.1, 0.15) is 11.1 Å². The largest absolute Gasteiger partial charge is 0.271 e. The van der Waals surface area contributed by atoms with Gasteiger partial charge in [0.25, 0.3) is 0 Å². The molecule has 2 aromatic carbocycles. The number of rotatable bonds is 6. The van der Waals surface area contributed by atoms with Gasteiger partial charge in [0.1, 0.15) is 0 Å². The topological polar surface area (TPSA) is 38.0 Å². The van der Waals surface area contributed by atoms with Crippen molar-refractivity contribution in [1.29, 1.82) is 0 Å². The standard InChI is InChI=1S/C16H19BrN2S/c1-12-5-4-6-13(9-12)10-14(19-18)11-20-16-8-3-2-7-15(16)17/h2-9,14,19H,10-11,18H2,1H3. The molecule has 2 rings (SSSR count). The summed E-state index contributed by atoms with van der Waals surface area (Å²) < 4.78 is 1.14. The van der Waals surface area contributed by atoms with E-state index in [-0.39, 0.29) is 6.04 Å². The zero-order valence-electron chi connectivity index (χ0n) is 11.5. The van der Waals surface area contributed by atoms with Crippen molar-refractivity contribution in [3.63, 3.8) is 0 Å². The van der Waals surface area contributed by atoms with Crippen LogP contribution in [0.4, 0.5) is 0 Å². The molecule has 0 saturated heterocycles. The fourth-order valence-electron chi connectivity index (χ4n) is 2.04. The maximum Gasteiger partial charge on any atom is 0.0344 e. The zero-order valence-corrected chi connectivity index (χ0v) is 13.9. The van der Waals surface area contributed by atoms with Crippen LogP contribution >= 0.6 is 27.7 Å². The van der Waals surface area contributed by atoms with Gasteiger partial charge in [0.2, 0.25) is 0 Å². The Morgan fingerprint density at radius 2 is 2.00 bits per heavy atom. The number of aryl methyl sites for hydroxylation is 1. The lowest BCUT2D eigenvalue weighted by molar-refractivity contribution is 0.575. The molecule has 4 heteroatoms. The van der Waals surface area contributed by atoms with Gasteiger partial charge in [0.15, 0.2) is 0 Å². The molecule has 0 radical (unpaired) electrons. The molecular formula is C16H19BrN2S. The maximum atomic E-state index is 5.69. The second-order valence-electron chi connectivity index (χ2n) is 4.80. The summed E-state index contributed by atoms with van der Waals surface area (Å²) >= 11 is 5.39. The minimum absolute atomic E-state index is 0.258. The van der Waals surface area contributed by atoms with Crippen molar-refractivity contribution >= 4 is 27.7 Å². The lowest BCUT2D eigenvalue weighted by Gasteiger charge is -2.16. The van der Waals surface area contributed by atoms with Crippen LogP contribution in [0.3, 0.4) is 0 Å². The molecule has 0 aromatic heterocycles. The Bertz CT molecular complexity index is 560. The van der Waals surface area contributed by atoms with E-state index in [9.17, 15) is 0 Å². The van der Waals surface area contributed by atoms with Gasteiger partial charge in [-0.1, -0.05) is 42.0 Å². The number of nitrogens with two attached hydrogens (primary N) is 1. The predicted octanol–water partition coefficient (Wildman–Crippen LogP) is 3.92. The monoisotopic (exact) mass is 350 g/mol. The highest BCUT2D eigenvalue weighted by atomic mass is 79.9. The van der Waals surface area contributed by atoms with Gasteiger partial charge < -0.3 is 0 Å². The number of halogens is 1. The summed E-state index contributed by atoms with van der Waals surface area (Å²) in [6.07, 6.45) is 0.940. The van der Waals surface area contributed by atoms with Crippen LogP contribution in [-0.4, -0.2) is 11.8 Å². The van der Waals surface area contributed by atoms with Crippen molar-refractivity contribution in [3.05, 3.63) is 64.1 Å². The molecule has 0 aliphatic heterocycles. The first kappa shape index (κ1) is 15.6. The summed E-state index contributed by atoms with van der Waals surface area (Å²) in [6.45, 7) is 2.12. The summed E-state index contributed by atoms with van der Waals surface area (Å²) in [5.41, 5.74) is 5.53. The smallest absolute Gasteiger partial charge is 0.0344 e. The third kappa shape index (κ3) is 4.63. The van der Waals surface area contributed by atoms with E-state index in [4.69, 9.17) is 5.84 Å². The number of hydrogen-bond acceptors (Lipinski definition) is 3. The van der Waals surface area contributed by atoms with E-state index < -0.39 is 0 Å². The number of hydrogen-bond donors (Lipinski definition) is 2. The normalized spacial score (nSPS) is 12.3. The molecule has 3 N–H and O–H groups in total. The summed E-state index contributed by atoms with van der Waals surface area (Å²) in [7, 11) is 0. The fraction of sp³-hybridized carbons (Fsp3) is 0.250. The summed E-state index contributed by atoms with van der Waals surface area (Å²) in [5, 5.41) is 0. The van der Waals surface area contributed by atoms with Crippen LogP contribution in [-0.2, 0) is 6.42 Å². The molecule has 0 amide bonds. The molecule has 1 unspecified atom stereocenters. The van der Waals surface area contributed by atoms with E-state index in [0.29, 0.717) is 0 Å². The minimum atomic E-state index is 0.258. The Labute approximate surface area is 133 Å². The third-order valence-electron chi connectivity index (χ3n) is 3.08. The molecule has 0 spiro atoms. The molecule has 0 heterocycles. The lowest BCUT2D eigenvalue weighted by atomic mass is 10.1. The molecule has 106 valence electrons. The highest BCUT2D eigenvalue weighted by molar-refractivity contribution is 9.10. The molecule has 0 fully saturated rings. The molecule has 1 atom stereocenters. The quantitative estimate of drug-likeness (QED) is 0.471. The Morgan fingerprint density at radius 3 is 2.70 bits per heavy atom. The highest BCUT2D eigenvalue weighted by Gasteiger charge is 2.09. The number of hydrazine groups is 1. The first-order valence-corrected chi connectivity index (χ1v) is 8.36. The van der Waals surface area contributed by atoms with E-state index in [0.717, 1.165) is 16.6 Å². The summed E-state index contributed by atoms with van der Waals surface area (Å²) in [4.78, 5) is 1.25. The lowest BCUT2D eigenvalue weighted by Crippen LogP contribution is -2.38. The molecule has 2 aromatic rings. The first-order valence-electron chi connectivity index (χ1n) is 6.58. The Hall–Kier alpha value is -0.810. The van der Waals surface area contributed by atoms with Gasteiger partial charge in [-0.05, 0) is 47.0 Å². The van der Waals surface area contributed by atoms with Crippen LogP contribution in [0.25, 0.3) is 0 Å². The van der Waals surface area contributed by atoms with Crippen molar-refractivity contribution in [3.8, 4) is 0 Å². The highest BCUT2D eigenvalue weighted by Crippen LogP contribution is 2.27. The average molecular weight is 351 g/mol. The molecule has 0 bridgehead atoms. The van der Waals surface area contributed by atoms with Gasteiger partial charge in [-0.15, -0.1) is 11.8 Å². The van der Waals surface area contributed by atoms with Crippen molar-refractivity contribution in [2.45, 2.75) is 24.3 Å². The molecule has 0 aliphatic rings. The second-order valence-corrected chi connectivity index (χ2v) is 6.71. The SMILES string of the molecule is Cc1cccc(CC(CSc2ccccc2Br)NN)c1. The number of benzene rings is 2. The van der Waals surface area contributed by atoms with E-state index in [1.165, 1.54) is 16.0 Å². The predicted molar refractivity (Wildman–Crippen MR) is 90.9 cm³/mol. The second kappa shape index (κ2) is 7.84. The number of nitrogens with one attached hydrogen (secondary N) is 1. The van der Waals surface area contributed by atoms with Crippen molar-refractivity contribution in [2.75, 3.05) is 5.75 Å². The van der Waals surface area contributed by atoms with Crippen LogP contribution < -0.4 is 11.3 Å². The maximum absolute atomic E-state index is 5.69. The van der Waals surface area contributed by atoms with Gasteiger partial charge in [-0.2, -0.15) is 0 Å². The van der Waals surface area contributed by atoms with Crippen LogP contribution in [0.15, 0.2) is 57.9 Å². The molecule has 0 saturated carbocycles. The van der Waals surface area contributed by atoms with E-state index >= 15 is 0 Å².